The van der Waals surface area contributed by atoms with Gasteiger partial charge in [0.1, 0.15) is 0 Å². The zero-order valence-electron chi connectivity index (χ0n) is 12.3. The Morgan fingerprint density at radius 1 is 1.25 bits per heavy atom. The highest BCUT2D eigenvalue weighted by atomic mass is 16.2. The van der Waals surface area contributed by atoms with Crippen molar-refractivity contribution in [2.75, 3.05) is 14.1 Å². The van der Waals surface area contributed by atoms with Crippen molar-refractivity contribution >= 4 is 5.91 Å². The lowest BCUT2D eigenvalue weighted by atomic mass is 10.0. The summed E-state index contributed by atoms with van der Waals surface area (Å²) in [5.41, 5.74) is 2.20. The van der Waals surface area contributed by atoms with Crippen molar-refractivity contribution in [3.8, 4) is 11.4 Å². The molecule has 2 aromatic rings. The molecule has 0 saturated heterocycles. The number of H-pyrrole nitrogens is 1. The molecule has 1 aromatic heterocycles. The Bertz CT molecular complexity index is 584. The third-order valence-corrected chi connectivity index (χ3v) is 2.95. The topological polar surface area (TPSA) is 61.9 Å². The molecule has 1 amide bonds. The molecule has 0 aliphatic carbocycles. The number of benzene rings is 1. The van der Waals surface area contributed by atoms with E-state index < -0.39 is 0 Å². The summed E-state index contributed by atoms with van der Waals surface area (Å²) >= 11 is 0. The van der Waals surface area contributed by atoms with Crippen LogP contribution in [-0.2, 0) is 6.42 Å². The number of carbonyl (C=O) groups excluding carboxylic acids is 1. The van der Waals surface area contributed by atoms with E-state index in [9.17, 15) is 4.79 Å². The van der Waals surface area contributed by atoms with Crippen molar-refractivity contribution in [1.29, 1.82) is 0 Å². The summed E-state index contributed by atoms with van der Waals surface area (Å²) in [6, 6.07) is 8.15. The smallest absolute Gasteiger partial charge is 0.290 e. The molecule has 0 unspecified atom stereocenters. The van der Waals surface area contributed by atoms with Gasteiger partial charge >= 0.3 is 0 Å². The van der Waals surface area contributed by atoms with Crippen LogP contribution in [0.15, 0.2) is 24.3 Å². The Balaban J connectivity index is 2.18. The van der Waals surface area contributed by atoms with Crippen LogP contribution in [0.2, 0.25) is 0 Å². The third-order valence-electron chi connectivity index (χ3n) is 2.95. The number of hydrogen-bond acceptors (Lipinski definition) is 3. The maximum atomic E-state index is 11.8. The van der Waals surface area contributed by atoms with E-state index >= 15 is 0 Å². The van der Waals surface area contributed by atoms with Crippen LogP contribution in [0.5, 0.6) is 0 Å². The highest BCUT2D eigenvalue weighted by Crippen LogP contribution is 2.17. The largest absolute Gasteiger partial charge is 0.342 e. The lowest BCUT2D eigenvalue weighted by Crippen LogP contribution is -2.22. The standard InChI is InChI=1S/C15H20N4O/c1-10(2)9-11-5-7-12(8-6-11)13-16-14(18-17-13)15(20)19(3)4/h5-8,10H,9H2,1-4H3,(H,16,17,18). The number of amides is 1. The lowest BCUT2D eigenvalue weighted by molar-refractivity contribution is 0.0816. The number of nitrogens with one attached hydrogen (secondary N) is 1. The van der Waals surface area contributed by atoms with E-state index in [0.29, 0.717) is 11.7 Å². The molecule has 20 heavy (non-hydrogen) atoms. The average Bonchev–Trinajstić information content (AvgIpc) is 2.87. The summed E-state index contributed by atoms with van der Waals surface area (Å²) in [4.78, 5) is 17.5. The van der Waals surface area contributed by atoms with E-state index in [0.717, 1.165) is 12.0 Å². The molecule has 106 valence electrons. The molecule has 0 atom stereocenters. The Labute approximate surface area is 119 Å². The second kappa shape index (κ2) is 5.86. The number of carbonyl (C=O) groups is 1. The first-order valence-electron chi connectivity index (χ1n) is 6.70. The minimum Gasteiger partial charge on any atom is -0.342 e. The van der Waals surface area contributed by atoms with Crippen LogP contribution in [-0.4, -0.2) is 40.1 Å². The summed E-state index contributed by atoms with van der Waals surface area (Å²) in [6.07, 6.45) is 1.05. The van der Waals surface area contributed by atoms with Crippen LogP contribution >= 0.6 is 0 Å². The summed E-state index contributed by atoms with van der Waals surface area (Å²) < 4.78 is 0. The zero-order chi connectivity index (χ0) is 14.7. The first-order valence-corrected chi connectivity index (χ1v) is 6.70. The highest BCUT2D eigenvalue weighted by molar-refractivity contribution is 5.90. The van der Waals surface area contributed by atoms with E-state index in [1.54, 1.807) is 14.1 Å². The number of aromatic nitrogens is 3. The number of aromatic amines is 1. The Hall–Kier alpha value is -2.17. The van der Waals surface area contributed by atoms with Crippen LogP contribution in [0, 0.1) is 5.92 Å². The van der Waals surface area contributed by atoms with Crippen LogP contribution in [0.3, 0.4) is 0 Å². The quantitative estimate of drug-likeness (QED) is 0.929. The number of nitrogens with zero attached hydrogens (tertiary/aromatic N) is 3. The van der Waals surface area contributed by atoms with Gasteiger partial charge in [0.15, 0.2) is 5.82 Å². The minimum atomic E-state index is -0.180. The summed E-state index contributed by atoms with van der Waals surface area (Å²) in [6.45, 7) is 4.39. The van der Waals surface area contributed by atoms with Gasteiger partial charge in [0.25, 0.3) is 5.91 Å². The second-order valence-electron chi connectivity index (χ2n) is 5.50. The number of hydrogen-bond donors (Lipinski definition) is 1. The maximum Gasteiger partial charge on any atom is 0.290 e. The lowest BCUT2D eigenvalue weighted by Gasteiger charge is -2.06. The molecular formula is C15H20N4O. The van der Waals surface area contributed by atoms with E-state index in [1.807, 2.05) is 12.1 Å². The van der Waals surface area contributed by atoms with Crippen molar-refractivity contribution in [2.45, 2.75) is 20.3 Å². The zero-order valence-corrected chi connectivity index (χ0v) is 12.3. The van der Waals surface area contributed by atoms with Gasteiger partial charge in [-0.15, -0.1) is 0 Å². The van der Waals surface area contributed by atoms with Crippen molar-refractivity contribution in [3.63, 3.8) is 0 Å². The highest BCUT2D eigenvalue weighted by Gasteiger charge is 2.14. The van der Waals surface area contributed by atoms with Gasteiger partial charge in [0.05, 0.1) is 0 Å². The summed E-state index contributed by atoms with van der Waals surface area (Å²) in [5, 5.41) is 6.78. The van der Waals surface area contributed by atoms with Crippen LogP contribution < -0.4 is 0 Å². The Kier molecular flexibility index (Phi) is 4.17. The van der Waals surface area contributed by atoms with Gasteiger partial charge < -0.3 is 4.90 Å². The van der Waals surface area contributed by atoms with Gasteiger partial charge in [-0.2, -0.15) is 5.10 Å². The predicted octanol–water partition coefficient (Wildman–Crippen LogP) is 2.37. The van der Waals surface area contributed by atoms with Gasteiger partial charge in [-0.1, -0.05) is 38.1 Å². The van der Waals surface area contributed by atoms with E-state index in [1.165, 1.54) is 10.5 Å². The molecule has 1 N–H and O–H groups in total. The van der Waals surface area contributed by atoms with Crippen LogP contribution in [0.1, 0.15) is 30.0 Å². The fraction of sp³-hybridized carbons (Fsp3) is 0.400. The SMILES string of the molecule is CC(C)Cc1ccc(-c2n[nH]c(C(=O)N(C)C)n2)cc1. The number of rotatable bonds is 4. The molecule has 0 bridgehead atoms. The minimum absolute atomic E-state index is 0.180. The van der Waals surface area contributed by atoms with Gasteiger partial charge in [0, 0.05) is 19.7 Å². The molecule has 5 nitrogen and oxygen atoms in total. The van der Waals surface area contributed by atoms with Crippen molar-refractivity contribution < 1.29 is 4.79 Å². The van der Waals surface area contributed by atoms with Gasteiger partial charge in [-0.25, -0.2) is 4.98 Å². The van der Waals surface area contributed by atoms with E-state index in [-0.39, 0.29) is 11.7 Å². The maximum absolute atomic E-state index is 11.8. The molecule has 1 aromatic carbocycles. The second-order valence-corrected chi connectivity index (χ2v) is 5.50. The average molecular weight is 272 g/mol. The van der Waals surface area contributed by atoms with E-state index in [2.05, 4.69) is 41.2 Å². The monoisotopic (exact) mass is 272 g/mol. The van der Waals surface area contributed by atoms with Crippen molar-refractivity contribution in [3.05, 3.63) is 35.7 Å². The van der Waals surface area contributed by atoms with Crippen molar-refractivity contribution in [1.82, 2.24) is 20.1 Å². The van der Waals surface area contributed by atoms with Gasteiger partial charge in [-0.3, -0.25) is 9.89 Å². The Morgan fingerprint density at radius 2 is 1.90 bits per heavy atom. The first-order chi connectivity index (χ1) is 9.47. The molecule has 0 spiro atoms. The van der Waals surface area contributed by atoms with E-state index in [4.69, 9.17) is 0 Å². The van der Waals surface area contributed by atoms with Gasteiger partial charge in [-0.05, 0) is 17.9 Å². The molecule has 2 rings (SSSR count). The molecule has 0 saturated carbocycles. The molecule has 0 aliphatic heterocycles. The predicted molar refractivity (Wildman–Crippen MR) is 78.4 cm³/mol. The van der Waals surface area contributed by atoms with Gasteiger partial charge in [0.2, 0.25) is 5.82 Å². The molecule has 0 aliphatic rings. The fourth-order valence-corrected chi connectivity index (χ4v) is 1.96. The fourth-order valence-electron chi connectivity index (χ4n) is 1.96. The first kappa shape index (κ1) is 14.2. The Morgan fingerprint density at radius 3 is 2.45 bits per heavy atom. The molecule has 1 heterocycles. The molecule has 0 radical (unpaired) electrons. The summed E-state index contributed by atoms with van der Waals surface area (Å²) in [5.74, 6) is 1.26. The molecule has 0 fully saturated rings. The van der Waals surface area contributed by atoms with Crippen molar-refractivity contribution in [2.24, 2.45) is 5.92 Å². The van der Waals surface area contributed by atoms with Crippen LogP contribution in [0.25, 0.3) is 11.4 Å². The molecule has 5 heteroatoms. The summed E-state index contributed by atoms with van der Waals surface area (Å²) in [7, 11) is 3.37. The normalized spacial score (nSPS) is 10.8. The van der Waals surface area contributed by atoms with Crippen LogP contribution in [0.4, 0.5) is 0 Å². The third kappa shape index (κ3) is 3.23. The molecular weight excluding hydrogens is 252 g/mol.